The lowest BCUT2D eigenvalue weighted by atomic mass is 9.96. The Bertz CT molecular complexity index is 1110. The lowest BCUT2D eigenvalue weighted by molar-refractivity contribution is -0.139. The summed E-state index contributed by atoms with van der Waals surface area (Å²) in [6.07, 6.45) is 3.44. The van der Waals surface area contributed by atoms with Crippen LogP contribution in [0.4, 0.5) is 5.69 Å². The predicted octanol–water partition coefficient (Wildman–Crippen LogP) is 1.56. The first kappa shape index (κ1) is 21.3. The zero-order chi connectivity index (χ0) is 22.5. The molecule has 166 valence electrons. The third kappa shape index (κ3) is 4.69. The quantitative estimate of drug-likeness (QED) is 0.502. The molecule has 10 nitrogen and oxygen atoms in total. The van der Waals surface area contributed by atoms with Crippen molar-refractivity contribution in [1.82, 2.24) is 25.8 Å². The first-order valence-electron chi connectivity index (χ1n) is 10.4. The normalized spacial score (nSPS) is 15.2. The molecule has 10 heteroatoms. The van der Waals surface area contributed by atoms with Crippen LogP contribution in [0.3, 0.4) is 0 Å². The summed E-state index contributed by atoms with van der Waals surface area (Å²) in [4.78, 5) is 42.9. The second kappa shape index (κ2) is 9.46. The van der Waals surface area contributed by atoms with Crippen LogP contribution in [0.25, 0.3) is 11.6 Å². The Balaban J connectivity index is 1.23. The van der Waals surface area contributed by atoms with Crippen molar-refractivity contribution in [2.45, 2.75) is 38.8 Å². The Hall–Kier alpha value is -3.95. The number of aromatic amines is 1. The van der Waals surface area contributed by atoms with E-state index in [0.717, 1.165) is 24.1 Å². The number of hydrogen-bond acceptors (Lipinski definition) is 6. The summed E-state index contributed by atoms with van der Waals surface area (Å²) >= 11 is 0. The van der Waals surface area contributed by atoms with Crippen molar-refractivity contribution >= 4 is 23.4 Å². The number of nitrogens with one attached hydrogen (secondary N) is 3. The van der Waals surface area contributed by atoms with Gasteiger partial charge in [-0.15, -0.1) is 5.10 Å². The number of H-pyrrole nitrogens is 1. The molecule has 3 amide bonds. The number of hydrogen-bond donors (Lipinski definition) is 3. The maximum Gasteiger partial charge on any atom is 0.309 e. The van der Waals surface area contributed by atoms with Gasteiger partial charge in [0.2, 0.25) is 11.7 Å². The molecule has 0 fully saturated rings. The van der Waals surface area contributed by atoms with Gasteiger partial charge in [0.1, 0.15) is 5.82 Å². The second-order valence-corrected chi connectivity index (χ2v) is 7.55. The number of benzene rings is 1. The largest absolute Gasteiger partial charge is 0.461 e. The summed E-state index contributed by atoms with van der Waals surface area (Å²) in [7, 11) is 0. The van der Waals surface area contributed by atoms with Gasteiger partial charge in [0.25, 0.3) is 0 Å². The highest BCUT2D eigenvalue weighted by Crippen LogP contribution is 2.30. The molecule has 1 aliphatic heterocycles. The highest BCUT2D eigenvalue weighted by Gasteiger charge is 2.27. The molecule has 1 aliphatic rings. The summed E-state index contributed by atoms with van der Waals surface area (Å²) in [6.45, 7) is 2.09. The zero-order valence-corrected chi connectivity index (χ0v) is 17.6. The first-order valence-corrected chi connectivity index (χ1v) is 10.4. The summed E-state index contributed by atoms with van der Waals surface area (Å²) in [5, 5.41) is 11.6. The molecule has 0 radical (unpaired) electrons. The number of nitrogens with zero attached hydrogens (tertiary/aromatic N) is 3. The topological polar surface area (TPSA) is 133 Å². The van der Waals surface area contributed by atoms with Crippen molar-refractivity contribution < 1.29 is 18.8 Å². The van der Waals surface area contributed by atoms with Crippen LogP contribution in [0.15, 0.2) is 47.1 Å². The maximum atomic E-state index is 12.8. The number of furan rings is 1. The summed E-state index contributed by atoms with van der Waals surface area (Å²) in [6, 6.07) is 11.4. The minimum Gasteiger partial charge on any atom is -0.461 e. The van der Waals surface area contributed by atoms with Gasteiger partial charge in [0.05, 0.1) is 12.8 Å². The standard InChI is InChI=1S/C22H24N6O4/c1-14-8-9-15-5-2-3-6-16(15)28(14)19(29)10-11-23-21(30)22(31)24-13-18-25-20(27-26-18)17-7-4-12-32-17/h2-7,12,14H,8-11,13H2,1H3,(H,23,30)(H,24,31)(H,25,26,27). The van der Waals surface area contributed by atoms with Crippen molar-refractivity contribution in [3.63, 3.8) is 0 Å². The average molecular weight is 436 g/mol. The predicted molar refractivity (Wildman–Crippen MR) is 115 cm³/mol. The summed E-state index contributed by atoms with van der Waals surface area (Å²) < 4.78 is 5.20. The molecular formula is C22H24N6O4. The second-order valence-electron chi connectivity index (χ2n) is 7.55. The number of amides is 3. The van der Waals surface area contributed by atoms with Crippen LogP contribution in [-0.4, -0.2) is 45.5 Å². The van der Waals surface area contributed by atoms with E-state index in [4.69, 9.17) is 4.42 Å². The minimum absolute atomic E-state index is 0.000961. The molecule has 1 unspecified atom stereocenters. The number of rotatable bonds is 6. The Labute approximate surface area is 184 Å². The van der Waals surface area contributed by atoms with Gasteiger partial charge in [0.15, 0.2) is 5.76 Å². The molecule has 0 spiro atoms. The summed E-state index contributed by atoms with van der Waals surface area (Å²) in [5.41, 5.74) is 2.06. The number of para-hydroxylation sites is 1. The first-order chi connectivity index (χ1) is 15.5. The smallest absolute Gasteiger partial charge is 0.309 e. The molecular weight excluding hydrogens is 412 g/mol. The monoisotopic (exact) mass is 436 g/mol. The van der Waals surface area contributed by atoms with Crippen LogP contribution in [0, 0.1) is 0 Å². The Morgan fingerprint density at radius 3 is 2.78 bits per heavy atom. The number of aryl methyl sites for hydroxylation is 1. The van der Waals surface area contributed by atoms with Gasteiger partial charge in [-0.2, -0.15) is 0 Å². The van der Waals surface area contributed by atoms with E-state index in [9.17, 15) is 14.4 Å². The number of aromatic nitrogens is 3. The Morgan fingerprint density at radius 1 is 1.16 bits per heavy atom. The van der Waals surface area contributed by atoms with Crippen molar-refractivity contribution in [3.8, 4) is 11.6 Å². The molecule has 3 heterocycles. The zero-order valence-electron chi connectivity index (χ0n) is 17.6. The van der Waals surface area contributed by atoms with E-state index in [1.165, 1.54) is 6.26 Å². The number of fused-ring (bicyclic) bond motifs is 1. The van der Waals surface area contributed by atoms with E-state index in [1.54, 1.807) is 17.0 Å². The van der Waals surface area contributed by atoms with Crippen LogP contribution in [-0.2, 0) is 27.3 Å². The van der Waals surface area contributed by atoms with Gasteiger partial charge >= 0.3 is 11.8 Å². The lowest BCUT2D eigenvalue weighted by Gasteiger charge is -2.35. The molecule has 3 N–H and O–H groups in total. The van der Waals surface area contributed by atoms with Gasteiger partial charge in [-0.1, -0.05) is 18.2 Å². The lowest BCUT2D eigenvalue weighted by Crippen LogP contribution is -2.44. The maximum absolute atomic E-state index is 12.8. The van der Waals surface area contributed by atoms with Crippen LogP contribution in [0.2, 0.25) is 0 Å². The summed E-state index contributed by atoms with van der Waals surface area (Å²) in [5.74, 6) is -0.480. The van der Waals surface area contributed by atoms with E-state index < -0.39 is 11.8 Å². The van der Waals surface area contributed by atoms with Gasteiger partial charge in [-0.25, -0.2) is 4.98 Å². The molecule has 0 saturated carbocycles. The van der Waals surface area contributed by atoms with Gasteiger partial charge in [-0.3, -0.25) is 19.5 Å². The van der Waals surface area contributed by atoms with E-state index in [-0.39, 0.29) is 31.5 Å². The molecule has 32 heavy (non-hydrogen) atoms. The number of carbonyl (C=O) groups excluding carboxylic acids is 3. The highest BCUT2D eigenvalue weighted by atomic mass is 16.3. The van der Waals surface area contributed by atoms with Crippen LogP contribution in [0.5, 0.6) is 0 Å². The van der Waals surface area contributed by atoms with E-state index in [1.807, 2.05) is 31.2 Å². The molecule has 4 rings (SSSR count). The molecule has 0 aliphatic carbocycles. The molecule has 3 aromatic rings. The van der Waals surface area contributed by atoms with Gasteiger partial charge < -0.3 is 20.0 Å². The van der Waals surface area contributed by atoms with Gasteiger partial charge in [0, 0.05) is 24.7 Å². The third-order valence-electron chi connectivity index (χ3n) is 5.31. The average Bonchev–Trinajstić information content (AvgIpc) is 3.49. The molecule has 0 bridgehead atoms. The fraction of sp³-hybridized carbons (Fsp3) is 0.318. The van der Waals surface area contributed by atoms with Crippen LogP contribution in [0.1, 0.15) is 31.2 Å². The van der Waals surface area contributed by atoms with E-state index >= 15 is 0 Å². The number of anilines is 1. The van der Waals surface area contributed by atoms with Crippen molar-refractivity contribution in [1.29, 1.82) is 0 Å². The van der Waals surface area contributed by atoms with Crippen molar-refractivity contribution in [3.05, 3.63) is 54.0 Å². The Kier molecular flexibility index (Phi) is 6.29. The minimum atomic E-state index is -0.815. The highest BCUT2D eigenvalue weighted by molar-refractivity contribution is 6.35. The van der Waals surface area contributed by atoms with Crippen LogP contribution >= 0.6 is 0 Å². The van der Waals surface area contributed by atoms with Crippen LogP contribution < -0.4 is 15.5 Å². The third-order valence-corrected chi connectivity index (χ3v) is 5.31. The molecule has 0 saturated heterocycles. The van der Waals surface area contributed by atoms with Crippen molar-refractivity contribution in [2.75, 3.05) is 11.4 Å². The SMILES string of the molecule is CC1CCc2ccccc2N1C(=O)CCNC(=O)C(=O)NCc1nc(-c2ccco2)n[nH]1. The number of carbonyl (C=O) groups is 3. The van der Waals surface area contributed by atoms with Crippen molar-refractivity contribution in [2.24, 2.45) is 0 Å². The molecule has 1 aromatic carbocycles. The Morgan fingerprint density at radius 2 is 1.97 bits per heavy atom. The molecule has 1 atom stereocenters. The fourth-order valence-electron chi connectivity index (χ4n) is 3.69. The van der Waals surface area contributed by atoms with Gasteiger partial charge in [-0.05, 0) is 43.5 Å². The van der Waals surface area contributed by atoms with E-state index in [0.29, 0.717) is 17.4 Å². The van der Waals surface area contributed by atoms with E-state index in [2.05, 4.69) is 25.8 Å². The molecule has 2 aromatic heterocycles. The fourth-order valence-corrected chi connectivity index (χ4v) is 3.69.